The Morgan fingerprint density at radius 2 is 1.33 bits per heavy atom. The fourth-order valence-corrected chi connectivity index (χ4v) is 0. The van der Waals surface area contributed by atoms with Crippen LogP contribution in [-0.4, -0.2) is 11.1 Å². The van der Waals surface area contributed by atoms with Gasteiger partial charge in [-0.1, -0.05) is 0 Å². The summed E-state index contributed by atoms with van der Waals surface area (Å²) in [5.74, 6) is 0.583. The van der Waals surface area contributed by atoms with E-state index in [9.17, 15) is 0 Å². The molecule has 0 heterocycles. The van der Waals surface area contributed by atoms with E-state index in [2.05, 4.69) is 20.8 Å². The summed E-state index contributed by atoms with van der Waals surface area (Å²) in [4.78, 5) is 9.00. The van der Waals surface area contributed by atoms with Gasteiger partial charge in [-0.3, -0.25) is 4.79 Å². The van der Waals surface area contributed by atoms with Crippen molar-refractivity contribution in [1.82, 2.24) is 0 Å². The number of carboxylic acids is 1. The Morgan fingerprint density at radius 3 is 1.33 bits per heavy atom. The van der Waals surface area contributed by atoms with Crippen molar-refractivity contribution in [3.63, 3.8) is 0 Å². The monoisotopic (exact) mass is 173 g/mol. The summed E-state index contributed by atoms with van der Waals surface area (Å²) >= 11 is 0. The molecule has 0 saturated heterocycles. The van der Waals surface area contributed by atoms with Crippen LogP contribution in [0.2, 0.25) is 0 Å². The van der Waals surface area contributed by atoms with E-state index in [1.54, 1.807) is 0 Å². The molecule has 0 unspecified atom stereocenters. The Hall–Kier alpha value is -0.0105. The molecule has 0 saturated carbocycles. The maximum atomic E-state index is 9.00. The molecule has 0 bridgehead atoms. The minimum absolute atomic E-state index is 0. The first-order chi connectivity index (χ1) is 3.46. The number of aliphatic carboxylic acids is 1. The SMILES string of the molecule is CC(=O)O.C[C-](C)C.[Fe]. The maximum absolute atomic E-state index is 9.00. The molecule has 0 aromatic heterocycles. The second kappa shape index (κ2) is 10.9. The summed E-state index contributed by atoms with van der Waals surface area (Å²) in [6.07, 6.45) is 0. The second-order valence-corrected chi connectivity index (χ2v) is 2.02. The van der Waals surface area contributed by atoms with Crippen LogP contribution in [0.3, 0.4) is 0 Å². The van der Waals surface area contributed by atoms with Crippen molar-refractivity contribution in [2.75, 3.05) is 0 Å². The molecule has 1 N–H and O–H groups in total. The van der Waals surface area contributed by atoms with Crippen LogP contribution in [0.25, 0.3) is 0 Å². The van der Waals surface area contributed by atoms with Gasteiger partial charge >= 0.3 is 0 Å². The molecule has 9 heavy (non-hydrogen) atoms. The van der Waals surface area contributed by atoms with Gasteiger partial charge in [-0.25, -0.2) is 0 Å². The van der Waals surface area contributed by atoms with Gasteiger partial charge in [0, 0.05) is 24.0 Å². The molecule has 0 aliphatic heterocycles. The molecular weight excluding hydrogens is 160 g/mol. The van der Waals surface area contributed by atoms with Crippen LogP contribution in [0.15, 0.2) is 0 Å². The normalized spacial score (nSPS) is 6.78. The fraction of sp³-hybridized carbons (Fsp3) is 0.667. The third kappa shape index (κ3) is 2590000. The van der Waals surface area contributed by atoms with Crippen LogP contribution in [0, 0.1) is 5.92 Å². The Labute approximate surface area is 67.1 Å². The smallest absolute Gasteiger partial charge is 0.300 e. The van der Waals surface area contributed by atoms with Gasteiger partial charge in [-0.05, 0) is 0 Å². The summed E-state index contributed by atoms with van der Waals surface area (Å²) in [5.41, 5.74) is 0. The minimum Gasteiger partial charge on any atom is -0.481 e. The van der Waals surface area contributed by atoms with E-state index in [0.717, 1.165) is 6.92 Å². The number of carbonyl (C=O) groups is 1. The maximum Gasteiger partial charge on any atom is 0.300 e. The first-order valence-electron chi connectivity index (χ1n) is 2.43. The van der Waals surface area contributed by atoms with E-state index < -0.39 is 5.97 Å². The molecule has 0 amide bonds. The zero-order chi connectivity index (χ0) is 7.15. The largest absolute Gasteiger partial charge is 0.481 e. The molecule has 58 valence electrons. The number of hydrogen-bond donors (Lipinski definition) is 1. The zero-order valence-corrected chi connectivity index (χ0v) is 7.31. The van der Waals surface area contributed by atoms with E-state index in [4.69, 9.17) is 9.90 Å². The summed E-state index contributed by atoms with van der Waals surface area (Å²) in [5, 5.41) is 7.42. The third-order valence-corrected chi connectivity index (χ3v) is 0. The van der Waals surface area contributed by atoms with Gasteiger partial charge in [-0.2, -0.15) is 20.8 Å². The van der Waals surface area contributed by atoms with E-state index in [0.29, 0.717) is 0 Å². The van der Waals surface area contributed by atoms with E-state index in [1.165, 1.54) is 5.92 Å². The second-order valence-electron chi connectivity index (χ2n) is 2.02. The molecule has 0 rings (SSSR count). The standard InChI is InChI=1S/C4H9.C2H4O2.Fe/c1-4(2)3;1-2(3)4;/h1-3H3;1H3,(H,3,4);/q-1;;. The molecule has 0 atom stereocenters. The minimum atomic E-state index is -0.833. The van der Waals surface area contributed by atoms with Crippen molar-refractivity contribution in [2.24, 2.45) is 0 Å². The Kier molecular flexibility index (Phi) is 19.3. The van der Waals surface area contributed by atoms with Crippen LogP contribution < -0.4 is 0 Å². The average molecular weight is 173 g/mol. The fourth-order valence-electron chi connectivity index (χ4n) is 0. The molecule has 0 spiro atoms. The Bertz CT molecular complexity index is 55.3. The van der Waals surface area contributed by atoms with Crippen LogP contribution >= 0.6 is 0 Å². The van der Waals surface area contributed by atoms with Gasteiger partial charge < -0.3 is 11.0 Å². The van der Waals surface area contributed by atoms with Crippen molar-refractivity contribution in [3.05, 3.63) is 5.92 Å². The quantitative estimate of drug-likeness (QED) is 0.447. The predicted molar refractivity (Wildman–Crippen MR) is 33.6 cm³/mol. The first kappa shape index (κ1) is 16.0. The molecule has 0 aromatic rings. The topological polar surface area (TPSA) is 37.3 Å². The van der Waals surface area contributed by atoms with E-state index >= 15 is 0 Å². The molecule has 0 aliphatic carbocycles. The molecule has 3 heteroatoms. The average Bonchev–Trinajstić information content (AvgIpc) is 1.25. The third-order valence-electron chi connectivity index (χ3n) is 0. The first-order valence-corrected chi connectivity index (χ1v) is 2.43. The number of carboxylic acid groups (broad SMARTS) is 1. The van der Waals surface area contributed by atoms with Crippen LogP contribution in [0.5, 0.6) is 0 Å². The predicted octanol–water partition coefficient (Wildman–Crippen LogP) is 1.71. The van der Waals surface area contributed by atoms with Crippen molar-refractivity contribution in [2.45, 2.75) is 27.7 Å². The van der Waals surface area contributed by atoms with E-state index in [1.807, 2.05) is 0 Å². The molecule has 0 radical (unpaired) electrons. The van der Waals surface area contributed by atoms with Gasteiger partial charge in [0.05, 0.1) is 0 Å². The van der Waals surface area contributed by atoms with Crippen molar-refractivity contribution in [3.8, 4) is 0 Å². The Morgan fingerprint density at radius 1 is 1.33 bits per heavy atom. The summed E-state index contributed by atoms with van der Waals surface area (Å²) in [7, 11) is 0. The summed E-state index contributed by atoms with van der Waals surface area (Å²) in [6.45, 7) is 7.33. The van der Waals surface area contributed by atoms with Gasteiger partial charge in [0.2, 0.25) is 0 Å². The molecule has 0 aromatic carbocycles. The molecule has 0 fully saturated rings. The van der Waals surface area contributed by atoms with E-state index in [-0.39, 0.29) is 17.1 Å². The summed E-state index contributed by atoms with van der Waals surface area (Å²) in [6, 6.07) is 0. The van der Waals surface area contributed by atoms with Crippen molar-refractivity contribution < 1.29 is 27.0 Å². The molecular formula is C6H13FeO2-. The molecule has 0 aliphatic rings. The Balaban J connectivity index is -0.0000000720. The van der Waals surface area contributed by atoms with Gasteiger partial charge in [0.25, 0.3) is 5.97 Å². The van der Waals surface area contributed by atoms with Crippen LogP contribution in [0.4, 0.5) is 0 Å². The van der Waals surface area contributed by atoms with Gasteiger partial charge in [0.1, 0.15) is 0 Å². The van der Waals surface area contributed by atoms with Crippen LogP contribution in [0.1, 0.15) is 27.7 Å². The van der Waals surface area contributed by atoms with Crippen molar-refractivity contribution >= 4 is 5.97 Å². The zero-order valence-electron chi connectivity index (χ0n) is 6.21. The number of rotatable bonds is 0. The summed E-state index contributed by atoms with van der Waals surface area (Å²) < 4.78 is 0. The molecule has 2 nitrogen and oxygen atoms in total. The van der Waals surface area contributed by atoms with Crippen LogP contribution in [-0.2, 0) is 21.9 Å². The number of hydrogen-bond acceptors (Lipinski definition) is 1. The van der Waals surface area contributed by atoms with Gasteiger partial charge in [-0.15, -0.1) is 0 Å². The van der Waals surface area contributed by atoms with Gasteiger partial charge in [0.15, 0.2) is 0 Å². The van der Waals surface area contributed by atoms with Crippen molar-refractivity contribution in [1.29, 1.82) is 0 Å².